The molecule has 0 fully saturated rings. The number of rotatable bonds is 0. The van der Waals surface area contributed by atoms with Crippen LogP contribution in [0.1, 0.15) is 26.3 Å². The Morgan fingerprint density at radius 1 is 0.846 bits per heavy atom. The summed E-state index contributed by atoms with van der Waals surface area (Å²) in [7, 11) is 0. The highest BCUT2D eigenvalue weighted by Gasteiger charge is 2.71. The third kappa shape index (κ3) is 2.00. The standard InChI is InChI=1S/C33H24N5O/c1-33(2,3)19-15-17-35-25(18-19)20-8-6-12-26-30(20)38(35)31-27(39-26)14-13-21-28(31)32-36(24-11-7-16-34-29(21)24)22-9-4-5-10-23(22)37(32)38/h4-18H,1-3H3/q+3. The second-order valence-electron chi connectivity index (χ2n) is 11.9. The lowest BCUT2D eigenvalue weighted by Crippen LogP contribution is -2.81. The van der Waals surface area contributed by atoms with Crippen LogP contribution >= 0.6 is 0 Å². The predicted molar refractivity (Wildman–Crippen MR) is 151 cm³/mol. The first-order valence-electron chi connectivity index (χ1n) is 13.5. The average molecular weight is 507 g/mol. The van der Waals surface area contributed by atoms with Crippen LogP contribution in [-0.4, -0.2) is 9.38 Å². The molecule has 39 heavy (non-hydrogen) atoms. The number of hydrogen-bond acceptors (Lipinski definition) is 2. The highest BCUT2D eigenvalue weighted by molar-refractivity contribution is 6.18. The predicted octanol–water partition coefficient (Wildman–Crippen LogP) is 6.63. The second-order valence-corrected chi connectivity index (χ2v) is 11.9. The van der Waals surface area contributed by atoms with Gasteiger partial charge in [-0.3, -0.25) is 4.98 Å². The fraction of sp³-hybridized carbons (Fsp3) is 0.121. The van der Waals surface area contributed by atoms with Gasteiger partial charge in [0.1, 0.15) is 15.8 Å². The summed E-state index contributed by atoms with van der Waals surface area (Å²) in [5, 5.41) is 2.34. The Morgan fingerprint density at radius 2 is 1.69 bits per heavy atom. The van der Waals surface area contributed by atoms with Crippen molar-refractivity contribution in [1.29, 1.82) is 0 Å². The van der Waals surface area contributed by atoms with Gasteiger partial charge in [0.2, 0.25) is 11.7 Å². The van der Waals surface area contributed by atoms with Gasteiger partial charge < -0.3 is 4.74 Å². The van der Waals surface area contributed by atoms with Crippen LogP contribution in [0, 0.1) is 0 Å². The van der Waals surface area contributed by atoms with E-state index in [1.807, 2.05) is 12.3 Å². The molecular formula is C33H24N5O+3. The fourth-order valence-corrected chi connectivity index (χ4v) is 7.37. The second kappa shape index (κ2) is 6.08. The first kappa shape index (κ1) is 20.2. The van der Waals surface area contributed by atoms with Crippen LogP contribution in [0.3, 0.4) is 0 Å². The normalized spacial score (nSPS) is 17.9. The summed E-state index contributed by atoms with van der Waals surface area (Å²) in [5.41, 5.74) is 11.6. The molecule has 0 saturated carbocycles. The highest BCUT2D eigenvalue weighted by atomic mass is 16.5. The van der Waals surface area contributed by atoms with Crippen molar-refractivity contribution in [3.8, 4) is 22.8 Å². The van der Waals surface area contributed by atoms with Gasteiger partial charge in [0, 0.05) is 33.1 Å². The number of pyridine rings is 3. The van der Waals surface area contributed by atoms with Crippen LogP contribution in [-0.2, 0) is 5.41 Å². The summed E-state index contributed by atoms with van der Waals surface area (Å²) in [6, 6.07) is 28.4. The van der Waals surface area contributed by atoms with Crippen molar-refractivity contribution in [2.75, 3.05) is 0 Å². The molecule has 0 N–H and O–H groups in total. The molecule has 3 aliphatic heterocycles. The molecule has 0 saturated heterocycles. The van der Waals surface area contributed by atoms with E-state index in [1.165, 1.54) is 33.2 Å². The quantitative estimate of drug-likeness (QED) is 0.131. The number of nitrogens with zero attached hydrogens (tertiary/aromatic N) is 5. The molecule has 10 rings (SSSR count). The number of fused-ring (bicyclic) bond motifs is 8. The van der Waals surface area contributed by atoms with Gasteiger partial charge in [0.25, 0.3) is 11.4 Å². The maximum absolute atomic E-state index is 6.73. The summed E-state index contributed by atoms with van der Waals surface area (Å²) in [4.78, 5) is 4.91. The van der Waals surface area contributed by atoms with Crippen molar-refractivity contribution < 1.29 is 14.1 Å². The third-order valence-corrected chi connectivity index (χ3v) is 8.93. The van der Waals surface area contributed by atoms with E-state index in [1.54, 1.807) is 0 Å². The molecule has 1 atom stereocenters. The van der Waals surface area contributed by atoms with E-state index in [-0.39, 0.29) is 5.41 Å². The molecule has 0 aliphatic carbocycles. The number of benzene rings is 3. The number of quaternary nitrogens is 1. The molecule has 1 unspecified atom stereocenters. The number of hydrogen-bond donors (Lipinski definition) is 0. The van der Waals surface area contributed by atoms with Crippen LogP contribution in [0.25, 0.3) is 49.7 Å². The van der Waals surface area contributed by atoms with Crippen molar-refractivity contribution in [2.45, 2.75) is 26.2 Å². The highest BCUT2D eigenvalue weighted by Crippen LogP contribution is 2.61. The summed E-state index contributed by atoms with van der Waals surface area (Å²) < 4.78 is 14.5. The van der Waals surface area contributed by atoms with Crippen LogP contribution in [0.4, 0.5) is 11.4 Å². The molecule has 184 valence electrons. The largest absolute Gasteiger partial charge is 0.444 e. The van der Waals surface area contributed by atoms with Gasteiger partial charge in [0.15, 0.2) is 27.9 Å². The number of imidazole rings is 1. The van der Waals surface area contributed by atoms with Crippen LogP contribution in [0.2, 0.25) is 0 Å². The van der Waals surface area contributed by atoms with Crippen molar-refractivity contribution in [2.24, 2.45) is 0 Å². The Morgan fingerprint density at radius 3 is 2.59 bits per heavy atom. The lowest BCUT2D eigenvalue weighted by molar-refractivity contribution is -1.01. The Labute approximate surface area is 223 Å². The van der Waals surface area contributed by atoms with Gasteiger partial charge in [-0.2, -0.15) is 4.40 Å². The van der Waals surface area contributed by atoms with Gasteiger partial charge in [-0.05, 0) is 59.5 Å². The topological polar surface area (TPSA) is 34.3 Å². The molecule has 3 aliphatic rings. The average Bonchev–Trinajstić information content (AvgIpc) is 3.56. The zero-order valence-electron chi connectivity index (χ0n) is 21.8. The van der Waals surface area contributed by atoms with E-state index in [2.05, 4.69) is 114 Å². The molecule has 0 bridgehead atoms. The Balaban J connectivity index is 1.54. The van der Waals surface area contributed by atoms with Crippen molar-refractivity contribution in [3.05, 3.63) is 96.8 Å². The first-order chi connectivity index (χ1) is 19.0. The smallest absolute Gasteiger partial charge is 0.360 e. The van der Waals surface area contributed by atoms with E-state index < -0.39 is 0 Å². The zero-order valence-corrected chi connectivity index (χ0v) is 21.8. The molecule has 7 aromatic rings. The first-order valence-corrected chi connectivity index (χ1v) is 13.5. The van der Waals surface area contributed by atoms with Crippen molar-refractivity contribution in [3.63, 3.8) is 0 Å². The van der Waals surface area contributed by atoms with E-state index >= 15 is 0 Å². The van der Waals surface area contributed by atoms with Crippen molar-refractivity contribution >= 4 is 49.9 Å². The molecule has 1 spiro atoms. The third-order valence-electron chi connectivity index (χ3n) is 8.93. The molecule has 6 nitrogen and oxygen atoms in total. The maximum Gasteiger partial charge on any atom is 0.360 e. The maximum atomic E-state index is 6.73. The van der Waals surface area contributed by atoms with E-state index in [0.717, 1.165) is 44.9 Å². The van der Waals surface area contributed by atoms with E-state index in [9.17, 15) is 0 Å². The Kier molecular flexibility index (Phi) is 3.15. The Bertz CT molecular complexity index is 2310. The number of ether oxygens (including phenoxy) is 1. The zero-order chi connectivity index (χ0) is 25.8. The van der Waals surface area contributed by atoms with Crippen LogP contribution in [0.15, 0.2) is 91.3 Å². The SMILES string of the molecule is CC(C)(C)c1cc[n+]2c(c1)-c1cccc3c1[N+]21c2c(ccc4c5ncccc5n5c6ccccc6[n+]1c5c24)O3. The lowest BCUT2D eigenvalue weighted by Gasteiger charge is -2.26. The Hall–Kier alpha value is -4.81. The minimum atomic E-state index is 0.0310. The molecule has 4 aromatic heterocycles. The summed E-state index contributed by atoms with van der Waals surface area (Å²) >= 11 is 0. The van der Waals surface area contributed by atoms with Gasteiger partial charge >= 0.3 is 11.3 Å². The van der Waals surface area contributed by atoms with Gasteiger partial charge in [-0.25, -0.2) is 0 Å². The van der Waals surface area contributed by atoms with Crippen LogP contribution < -0.4 is 18.8 Å². The molecule has 7 heterocycles. The van der Waals surface area contributed by atoms with E-state index in [4.69, 9.17) is 9.72 Å². The summed E-state index contributed by atoms with van der Waals surface area (Å²) in [6.45, 7) is 6.83. The minimum Gasteiger partial charge on any atom is -0.444 e. The fourth-order valence-electron chi connectivity index (χ4n) is 7.37. The van der Waals surface area contributed by atoms with Gasteiger partial charge in [0.05, 0.1) is 0 Å². The number of aromatic nitrogens is 4. The molecule has 0 amide bonds. The van der Waals surface area contributed by atoms with Gasteiger partial charge in [-0.1, -0.05) is 39.0 Å². The van der Waals surface area contributed by atoms with Crippen LogP contribution in [0.5, 0.6) is 11.5 Å². The molecule has 0 radical (unpaired) electrons. The molecule has 6 heteroatoms. The van der Waals surface area contributed by atoms with Gasteiger partial charge in [-0.15, -0.1) is 0 Å². The molecular weight excluding hydrogens is 482 g/mol. The number of para-hydroxylation sites is 3. The lowest BCUT2D eigenvalue weighted by atomic mass is 9.87. The summed E-state index contributed by atoms with van der Waals surface area (Å²) in [5.74, 6) is 1.78. The van der Waals surface area contributed by atoms with E-state index in [0.29, 0.717) is 4.70 Å². The minimum absolute atomic E-state index is 0.0310. The van der Waals surface area contributed by atoms with Crippen molar-refractivity contribution in [1.82, 2.24) is 14.1 Å². The monoisotopic (exact) mass is 506 g/mol. The molecule has 3 aromatic carbocycles. The summed E-state index contributed by atoms with van der Waals surface area (Å²) in [6.07, 6.45) is 4.18.